The Morgan fingerprint density at radius 3 is 2.58 bits per heavy atom. The van der Waals surface area contributed by atoms with Crippen molar-refractivity contribution < 1.29 is 14.7 Å². The average Bonchev–Trinajstić information content (AvgIpc) is 3.00. The fraction of sp³-hybridized carbons (Fsp3) is 0.263. The zero-order chi connectivity index (χ0) is 17.1. The van der Waals surface area contributed by atoms with Crippen LogP contribution in [0.25, 0.3) is 0 Å². The summed E-state index contributed by atoms with van der Waals surface area (Å²) in [6, 6.07) is 15.5. The lowest BCUT2D eigenvalue weighted by Gasteiger charge is -2.11. The van der Waals surface area contributed by atoms with Crippen LogP contribution in [0, 0.1) is 5.92 Å². The fourth-order valence-electron chi connectivity index (χ4n) is 2.72. The lowest BCUT2D eigenvalue weighted by molar-refractivity contribution is -0.141. The number of carbonyl (C=O) groups excluding carboxylic acids is 1. The molecule has 2 aromatic rings. The van der Waals surface area contributed by atoms with Gasteiger partial charge in [0.25, 0.3) is 0 Å². The minimum Gasteiger partial charge on any atom is -0.481 e. The quantitative estimate of drug-likeness (QED) is 0.872. The van der Waals surface area contributed by atoms with Crippen LogP contribution in [0.5, 0.6) is 0 Å². The molecule has 1 amide bonds. The maximum Gasteiger partial charge on any atom is 0.306 e. The van der Waals surface area contributed by atoms with E-state index in [0.29, 0.717) is 6.42 Å². The minimum atomic E-state index is -0.801. The molecular formula is C19H19NO3S. The van der Waals surface area contributed by atoms with E-state index < -0.39 is 11.9 Å². The van der Waals surface area contributed by atoms with Gasteiger partial charge in [-0.3, -0.25) is 9.59 Å². The molecule has 24 heavy (non-hydrogen) atoms. The van der Waals surface area contributed by atoms with E-state index in [1.807, 2.05) is 42.5 Å². The second-order valence-corrected chi connectivity index (χ2v) is 7.29. The minimum absolute atomic E-state index is 0.00264. The Kier molecular flexibility index (Phi) is 4.90. The molecular weight excluding hydrogens is 322 g/mol. The Hall–Kier alpha value is -2.27. The molecule has 124 valence electrons. The van der Waals surface area contributed by atoms with Crippen LogP contribution in [0.15, 0.2) is 53.4 Å². The molecule has 0 radical (unpaired) electrons. The van der Waals surface area contributed by atoms with E-state index in [-0.39, 0.29) is 11.2 Å². The van der Waals surface area contributed by atoms with Gasteiger partial charge in [-0.15, -0.1) is 11.8 Å². The summed E-state index contributed by atoms with van der Waals surface area (Å²) in [7, 11) is 0. The van der Waals surface area contributed by atoms with Crippen LogP contribution in [-0.4, -0.2) is 22.2 Å². The highest BCUT2D eigenvalue weighted by atomic mass is 32.2. The normalized spacial score (nSPS) is 17.1. The molecule has 0 fully saturated rings. The summed E-state index contributed by atoms with van der Waals surface area (Å²) in [6.45, 7) is 1.69. The van der Waals surface area contributed by atoms with E-state index in [4.69, 9.17) is 5.11 Å². The first-order valence-corrected chi connectivity index (χ1v) is 8.78. The Morgan fingerprint density at radius 2 is 1.92 bits per heavy atom. The van der Waals surface area contributed by atoms with Crippen molar-refractivity contribution in [3.05, 3.63) is 59.7 Å². The monoisotopic (exact) mass is 341 g/mol. The largest absolute Gasteiger partial charge is 0.481 e. The number of hydrogen-bond donors (Lipinski definition) is 2. The van der Waals surface area contributed by atoms with Crippen molar-refractivity contribution in [2.24, 2.45) is 5.92 Å². The van der Waals surface area contributed by atoms with Gasteiger partial charge in [-0.05, 0) is 42.2 Å². The number of hydrogen-bond acceptors (Lipinski definition) is 3. The first-order valence-electron chi connectivity index (χ1n) is 7.90. The number of benzene rings is 2. The Balaban J connectivity index is 1.59. The first-order chi connectivity index (χ1) is 11.5. The highest BCUT2D eigenvalue weighted by molar-refractivity contribution is 8.01. The van der Waals surface area contributed by atoms with Crippen molar-refractivity contribution in [1.82, 2.24) is 0 Å². The fourth-order valence-corrected chi connectivity index (χ4v) is 3.91. The molecule has 1 heterocycles. The molecule has 2 atom stereocenters. The summed E-state index contributed by atoms with van der Waals surface area (Å²) in [4.78, 5) is 24.5. The van der Waals surface area contributed by atoms with Gasteiger partial charge in [0.05, 0.1) is 11.2 Å². The van der Waals surface area contributed by atoms with Crippen molar-refractivity contribution >= 4 is 29.3 Å². The molecule has 0 saturated carbocycles. The van der Waals surface area contributed by atoms with Crippen LogP contribution in [-0.2, 0) is 22.4 Å². The van der Waals surface area contributed by atoms with Crippen LogP contribution in [0.1, 0.15) is 18.1 Å². The highest BCUT2D eigenvalue weighted by Crippen LogP contribution is 2.37. The van der Waals surface area contributed by atoms with E-state index in [9.17, 15) is 9.59 Å². The lowest BCUT2D eigenvalue weighted by atomic mass is 10.0. The maximum atomic E-state index is 12.4. The smallest absolute Gasteiger partial charge is 0.306 e. The number of carboxylic acid groups (broad SMARTS) is 1. The van der Waals surface area contributed by atoms with E-state index >= 15 is 0 Å². The number of aliphatic carboxylic acids is 1. The number of rotatable bonds is 5. The predicted octanol–water partition coefficient (Wildman–Crippen LogP) is 3.61. The van der Waals surface area contributed by atoms with Crippen molar-refractivity contribution in [1.29, 1.82) is 0 Å². The molecule has 2 N–H and O–H groups in total. The third kappa shape index (κ3) is 3.79. The molecule has 1 aliphatic rings. The molecule has 5 heteroatoms. The van der Waals surface area contributed by atoms with Gasteiger partial charge in [-0.25, -0.2) is 0 Å². The van der Waals surface area contributed by atoms with Crippen molar-refractivity contribution in [2.75, 3.05) is 5.32 Å². The van der Waals surface area contributed by atoms with Crippen molar-refractivity contribution in [2.45, 2.75) is 29.9 Å². The zero-order valence-electron chi connectivity index (χ0n) is 13.4. The molecule has 0 bridgehead atoms. The topological polar surface area (TPSA) is 66.4 Å². The number of anilines is 1. The number of nitrogens with one attached hydrogen (secondary N) is 1. The van der Waals surface area contributed by atoms with Crippen molar-refractivity contribution in [3.8, 4) is 0 Å². The summed E-state index contributed by atoms with van der Waals surface area (Å²) < 4.78 is 0. The number of amides is 1. The molecule has 1 aliphatic heterocycles. The Labute approximate surface area is 145 Å². The van der Waals surface area contributed by atoms with Crippen LogP contribution in [0.4, 0.5) is 5.69 Å². The third-order valence-electron chi connectivity index (χ3n) is 4.12. The van der Waals surface area contributed by atoms with E-state index in [1.165, 1.54) is 10.5 Å². The molecule has 3 rings (SSSR count). The summed E-state index contributed by atoms with van der Waals surface area (Å²) in [6.07, 6.45) is 1.23. The van der Waals surface area contributed by atoms with Gasteiger partial charge >= 0.3 is 5.97 Å². The van der Waals surface area contributed by atoms with Crippen LogP contribution in [0.3, 0.4) is 0 Å². The lowest BCUT2D eigenvalue weighted by Crippen LogP contribution is -2.24. The standard InChI is InChI=1S/C19H19NO3S/c1-12(19(22)23)10-13-6-8-15(9-7-13)20-18(21)17-11-14-4-2-3-5-16(14)24-17/h2-9,12,17H,10-11H2,1H3,(H,20,21)(H,22,23). The van der Waals surface area contributed by atoms with Gasteiger partial charge in [0, 0.05) is 10.6 Å². The third-order valence-corrected chi connectivity index (χ3v) is 5.44. The second-order valence-electron chi connectivity index (χ2n) is 6.05. The van der Waals surface area contributed by atoms with Gasteiger partial charge in [0.15, 0.2) is 0 Å². The number of fused-ring (bicyclic) bond motifs is 1. The van der Waals surface area contributed by atoms with Crippen LogP contribution in [0.2, 0.25) is 0 Å². The van der Waals surface area contributed by atoms with E-state index in [1.54, 1.807) is 18.7 Å². The van der Waals surface area contributed by atoms with Gasteiger partial charge < -0.3 is 10.4 Å². The zero-order valence-corrected chi connectivity index (χ0v) is 14.2. The average molecular weight is 341 g/mol. The Morgan fingerprint density at radius 1 is 1.21 bits per heavy atom. The maximum absolute atomic E-state index is 12.4. The van der Waals surface area contributed by atoms with E-state index in [0.717, 1.165) is 17.7 Å². The van der Waals surface area contributed by atoms with Crippen molar-refractivity contribution in [3.63, 3.8) is 0 Å². The first kappa shape index (κ1) is 16.6. The number of carboxylic acids is 1. The van der Waals surface area contributed by atoms with Crippen LogP contribution < -0.4 is 5.32 Å². The summed E-state index contributed by atoms with van der Waals surface area (Å²) in [5.41, 5.74) is 2.91. The second kappa shape index (κ2) is 7.09. The number of thioether (sulfide) groups is 1. The highest BCUT2D eigenvalue weighted by Gasteiger charge is 2.27. The van der Waals surface area contributed by atoms with Gasteiger partial charge in [-0.2, -0.15) is 0 Å². The molecule has 0 aliphatic carbocycles. The van der Waals surface area contributed by atoms with Gasteiger partial charge in [0.2, 0.25) is 5.91 Å². The summed E-state index contributed by atoms with van der Waals surface area (Å²) in [5, 5.41) is 11.8. The summed E-state index contributed by atoms with van der Waals surface area (Å²) in [5.74, 6) is -1.22. The predicted molar refractivity (Wildman–Crippen MR) is 95.4 cm³/mol. The molecule has 2 unspecified atom stereocenters. The van der Waals surface area contributed by atoms with Gasteiger partial charge in [0.1, 0.15) is 0 Å². The van der Waals surface area contributed by atoms with E-state index in [2.05, 4.69) is 11.4 Å². The molecule has 2 aromatic carbocycles. The molecule has 4 nitrogen and oxygen atoms in total. The summed E-state index contributed by atoms with van der Waals surface area (Å²) >= 11 is 1.60. The SMILES string of the molecule is CC(Cc1ccc(NC(=O)C2Cc3ccccc3S2)cc1)C(=O)O. The van der Waals surface area contributed by atoms with Crippen LogP contribution >= 0.6 is 11.8 Å². The number of carbonyl (C=O) groups is 2. The molecule has 0 saturated heterocycles. The molecule has 0 spiro atoms. The van der Waals surface area contributed by atoms with Gasteiger partial charge in [-0.1, -0.05) is 37.3 Å². The Bertz CT molecular complexity index is 732. The molecule has 0 aromatic heterocycles.